The van der Waals surface area contributed by atoms with Gasteiger partial charge in [-0.05, 0) is 57.0 Å². The minimum atomic E-state index is -0.773. The quantitative estimate of drug-likeness (QED) is 0.296. The van der Waals surface area contributed by atoms with Crippen molar-refractivity contribution < 1.29 is 23.9 Å². The number of pyridine rings is 2. The van der Waals surface area contributed by atoms with Crippen molar-refractivity contribution in [3.05, 3.63) is 76.1 Å². The number of carbonyl (C=O) groups excluding carboxylic acids is 1. The van der Waals surface area contributed by atoms with E-state index in [9.17, 15) is 14.9 Å². The minimum Gasteiger partial charge on any atom is -0.497 e. The van der Waals surface area contributed by atoms with Crippen molar-refractivity contribution >= 4 is 23.4 Å². The molecule has 2 aromatic heterocycles. The molecule has 11 heteroatoms. The monoisotopic (exact) mass is 509 g/mol. The average Bonchev–Trinajstić information content (AvgIpc) is 2.86. The lowest BCUT2D eigenvalue weighted by Crippen LogP contribution is -2.37. The van der Waals surface area contributed by atoms with Gasteiger partial charge in [0.15, 0.2) is 0 Å². The Labute approximate surface area is 215 Å². The fraction of sp³-hybridized carbons (Fsp3) is 0.346. The zero-order chi connectivity index (χ0) is 27.0. The summed E-state index contributed by atoms with van der Waals surface area (Å²) in [7, 11) is 3.07. The highest BCUT2D eigenvalue weighted by Crippen LogP contribution is 2.31. The highest BCUT2D eigenvalue weighted by atomic mass is 16.6. The van der Waals surface area contributed by atoms with Gasteiger partial charge in [-0.15, -0.1) is 0 Å². The van der Waals surface area contributed by atoms with Crippen LogP contribution in [0.4, 0.5) is 22.1 Å². The number of nitro groups is 1. The molecule has 37 heavy (non-hydrogen) atoms. The molecular weight excluding hydrogens is 478 g/mol. The Morgan fingerprint density at radius 1 is 1.14 bits per heavy atom. The van der Waals surface area contributed by atoms with E-state index in [1.54, 1.807) is 58.5 Å². The molecule has 196 valence electrons. The maximum Gasteiger partial charge on any atom is 0.416 e. The molecular formula is C26H31N5O6. The van der Waals surface area contributed by atoms with Crippen molar-refractivity contribution in [2.24, 2.45) is 0 Å². The first-order valence-corrected chi connectivity index (χ1v) is 11.6. The number of benzene rings is 1. The van der Waals surface area contributed by atoms with Crippen molar-refractivity contribution in [2.75, 3.05) is 31.0 Å². The minimum absolute atomic E-state index is 0.0432. The molecule has 0 aliphatic rings. The number of nitrogens with one attached hydrogen (secondary N) is 1. The summed E-state index contributed by atoms with van der Waals surface area (Å²) in [5.41, 5.74) is 0.655. The number of amides is 1. The summed E-state index contributed by atoms with van der Waals surface area (Å²) in [6.45, 7) is 5.69. The first-order valence-electron chi connectivity index (χ1n) is 11.6. The van der Waals surface area contributed by atoms with Gasteiger partial charge in [0.05, 0.1) is 25.7 Å². The summed E-state index contributed by atoms with van der Waals surface area (Å²) < 4.78 is 16.4. The van der Waals surface area contributed by atoms with Gasteiger partial charge in [0, 0.05) is 36.6 Å². The van der Waals surface area contributed by atoms with Crippen LogP contribution in [0.3, 0.4) is 0 Å². The molecule has 3 rings (SSSR count). The summed E-state index contributed by atoms with van der Waals surface area (Å²) in [6.07, 6.45) is 3.32. The molecule has 0 fully saturated rings. The van der Waals surface area contributed by atoms with Gasteiger partial charge in [-0.3, -0.25) is 20.0 Å². The van der Waals surface area contributed by atoms with Crippen molar-refractivity contribution in [2.45, 2.75) is 39.3 Å². The largest absolute Gasteiger partial charge is 0.497 e. The molecule has 0 aliphatic heterocycles. The number of ether oxygens (including phenoxy) is 3. The number of rotatable bonds is 10. The van der Waals surface area contributed by atoms with Crippen LogP contribution in [-0.4, -0.2) is 47.3 Å². The summed E-state index contributed by atoms with van der Waals surface area (Å²) in [6, 6.07) is 11.7. The molecule has 0 aliphatic carbocycles. The zero-order valence-electron chi connectivity index (χ0n) is 21.6. The third-order valence-electron chi connectivity index (χ3n) is 5.20. The van der Waals surface area contributed by atoms with Crippen molar-refractivity contribution in [3.8, 4) is 11.5 Å². The van der Waals surface area contributed by atoms with Crippen LogP contribution in [0.25, 0.3) is 0 Å². The fourth-order valence-corrected chi connectivity index (χ4v) is 3.45. The van der Waals surface area contributed by atoms with Crippen LogP contribution in [0.1, 0.15) is 31.9 Å². The summed E-state index contributed by atoms with van der Waals surface area (Å²) in [4.78, 5) is 34.2. The third-order valence-corrected chi connectivity index (χ3v) is 5.20. The second kappa shape index (κ2) is 12.0. The lowest BCUT2D eigenvalue weighted by atomic mass is 10.1. The predicted octanol–water partition coefficient (Wildman–Crippen LogP) is 5.00. The molecule has 0 unspecified atom stereocenters. The Kier molecular flexibility index (Phi) is 8.83. The molecule has 0 atom stereocenters. The maximum absolute atomic E-state index is 13.3. The Hall–Kier alpha value is -4.41. The number of nitrogens with zero attached hydrogens (tertiary/aromatic N) is 4. The van der Waals surface area contributed by atoms with Gasteiger partial charge in [-0.2, -0.15) is 0 Å². The van der Waals surface area contributed by atoms with Crippen LogP contribution in [-0.2, 0) is 17.7 Å². The standard InChI is InChI=1S/C26H31N5O6/c1-26(2,3)37-25(32)30(17-19-8-9-20(35-4)15-22(19)36-5)23-11-10-21(31(33)34)24(29-23)28-14-12-18-7-6-13-27-16-18/h6-11,13,15-16H,12,14,17H2,1-5H3,(H,28,29). The predicted molar refractivity (Wildman–Crippen MR) is 139 cm³/mol. The number of hydrogen-bond donors (Lipinski definition) is 1. The van der Waals surface area contributed by atoms with E-state index in [1.807, 2.05) is 12.1 Å². The van der Waals surface area contributed by atoms with Gasteiger partial charge in [-0.1, -0.05) is 6.07 Å². The Bertz CT molecular complexity index is 1230. The fourth-order valence-electron chi connectivity index (χ4n) is 3.45. The van der Waals surface area contributed by atoms with Gasteiger partial charge >= 0.3 is 11.8 Å². The van der Waals surface area contributed by atoms with E-state index in [4.69, 9.17) is 14.2 Å². The summed E-state index contributed by atoms with van der Waals surface area (Å²) in [5.74, 6) is 1.32. The van der Waals surface area contributed by atoms with Gasteiger partial charge in [0.1, 0.15) is 22.9 Å². The first kappa shape index (κ1) is 27.2. The van der Waals surface area contributed by atoms with E-state index in [-0.39, 0.29) is 23.9 Å². The number of hydrogen-bond acceptors (Lipinski definition) is 9. The molecule has 3 aromatic rings. The average molecular weight is 510 g/mol. The Morgan fingerprint density at radius 2 is 1.92 bits per heavy atom. The molecule has 0 saturated heterocycles. The second-order valence-electron chi connectivity index (χ2n) is 9.08. The molecule has 1 N–H and O–H groups in total. The van der Waals surface area contributed by atoms with Crippen LogP contribution in [0, 0.1) is 10.1 Å². The van der Waals surface area contributed by atoms with Crippen LogP contribution < -0.4 is 19.7 Å². The molecule has 0 saturated carbocycles. The Morgan fingerprint density at radius 3 is 2.54 bits per heavy atom. The van der Waals surface area contributed by atoms with E-state index in [0.29, 0.717) is 30.0 Å². The van der Waals surface area contributed by atoms with E-state index in [2.05, 4.69) is 15.3 Å². The SMILES string of the molecule is COc1ccc(CN(C(=O)OC(C)(C)C)c2ccc([N+](=O)[O-])c(NCCc3cccnc3)n2)c(OC)c1. The Balaban J connectivity index is 1.96. The molecule has 0 radical (unpaired) electrons. The molecule has 0 bridgehead atoms. The van der Waals surface area contributed by atoms with Gasteiger partial charge in [-0.25, -0.2) is 9.78 Å². The lowest BCUT2D eigenvalue weighted by molar-refractivity contribution is -0.384. The van der Waals surface area contributed by atoms with Crippen LogP contribution >= 0.6 is 0 Å². The van der Waals surface area contributed by atoms with E-state index >= 15 is 0 Å². The third kappa shape index (κ3) is 7.53. The molecule has 0 spiro atoms. The molecule has 11 nitrogen and oxygen atoms in total. The lowest BCUT2D eigenvalue weighted by Gasteiger charge is -2.27. The highest BCUT2D eigenvalue weighted by Gasteiger charge is 2.27. The highest BCUT2D eigenvalue weighted by molar-refractivity contribution is 5.87. The van der Waals surface area contributed by atoms with Gasteiger partial charge in [0.25, 0.3) is 0 Å². The van der Waals surface area contributed by atoms with Gasteiger partial charge in [0.2, 0.25) is 5.82 Å². The first-order chi connectivity index (χ1) is 17.6. The summed E-state index contributed by atoms with van der Waals surface area (Å²) >= 11 is 0. The van der Waals surface area contributed by atoms with Crippen LogP contribution in [0.5, 0.6) is 11.5 Å². The number of aromatic nitrogens is 2. The number of carbonyl (C=O) groups is 1. The van der Waals surface area contributed by atoms with Crippen LogP contribution in [0.2, 0.25) is 0 Å². The van der Waals surface area contributed by atoms with Crippen molar-refractivity contribution in [1.82, 2.24) is 9.97 Å². The van der Waals surface area contributed by atoms with E-state index < -0.39 is 16.6 Å². The maximum atomic E-state index is 13.3. The summed E-state index contributed by atoms with van der Waals surface area (Å²) in [5, 5.41) is 14.7. The van der Waals surface area contributed by atoms with Crippen molar-refractivity contribution in [3.63, 3.8) is 0 Å². The number of methoxy groups -OCH3 is 2. The molecule has 1 aromatic carbocycles. The number of anilines is 2. The van der Waals surface area contributed by atoms with Crippen LogP contribution in [0.15, 0.2) is 54.9 Å². The van der Waals surface area contributed by atoms with Gasteiger partial charge < -0.3 is 19.5 Å². The molecule has 2 heterocycles. The second-order valence-corrected chi connectivity index (χ2v) is 9.08. The van der Waals surface area contributed by atoms with E-state index in [1.165, 1.54) is 24.1 Å². The van der Waals surface area contributed by atoms with Crippen molar-refractivity contribution in [1.29, 1.82) is 0 Å². The smallest absolute Gasteiger partial charge is 0.416 e. The normalized spacial score (nSPS) is 10.9. The zero-order valence-corrected chi connectivity index (χ0v) is 21.6. The topological polar surface area (TPSA) is 129 Å². The molecule has 1 amide bonds. The van der Waals surface area contributed by atoms with E-state index in [0.717, 1.165) is 5.56 Å².